The largest absolute Gasteiger partial charge is 0.507 e. The number of sulfone groups is 1. The van der Waals surface area contributed by atoms with E-state index in [1.165, 1.54) is 12.1 Å². The summed E-state index contributed by atoms with van der Waals surface area (Å²) in [6.45, 7) is 2.40. The maximum Gasteiger partial charge on any atom is 0.150 e. The molecule has 1 aliphatic rings. The lowest BCUT2D eigenvalue weighted by atomic mass is 10.0. The Labute approximate surface area is 113 Å². The van der Waals surface area contributed by atoms with Gasteiger partial charge >= 0.3 is 0 Å². The van der Waals surface area contributed by atoms with Crippen molar-refractivity contribution in [3.05, 3.63) is 23.8 Å². The summed E-state index contributed by atoms with van der Waals surface area (Å²) in [7, 11) is -2.86. The lowest BCUT2D eigenvalue weighted by Gasteiger charge is -2.18. The van der Waals surface area contributed by atoms with Gasteiger partial charge in [-0.15, -0.1) is 0 Å². The van der Waals surface area contributed by atoms with E-state index in [1.54, 1.807) is 6.07 Å². The maximum atomic E-state index is 11.4. The molecule has 1 heterocycles. The van der Waals surface area contributed by atoms with Gasteiger partial charge in [0.25, 0.3) is 0 Å². The first-order chi connectivity index (χ1) is 8.89. The number of nitrogens with one attached hydrogen (secondary N) is 1. The van der Waals surface area contributed by atoms with Crippen LogP contribution in [0.4, 0.5) is 0 Å². The molecule has 0 radical (unpaired) electrons. The summed E-state index contributed by atoms with van der Waals surface area (Å²) in [6, 6.07) is 4.38. The van der Waals surface area contributed by atoms with Crippen LogP contribution in [0.2, 0.25) is 0 Å². The van der Waals surface area contributed by atoms with Crippen LogP contribution in [-0.4, -0.2) is 36.7 Å². The molecule has 0 aromatic heterocycles. The number of hydrogen-bond donors (Lipinski definition) is 3. The van der Waals surface area contributed by atoms with Crippen LogP contribution in [0.25, 0.3) is 0 Å². The quantitative estimate of drug-likeness (QED) is 0.773. The summed E-state index contributed by atoms with van der Waals surface area (Å²) in [6.07, 6.45) is 0.675. The van der Waals surface area contributed by atoms with Gasteiger partial charge in [-0.3, -0.25) is 0 Å². The van der Waals surface area contributed by atoms with Crippen LogP contribution in [0.15, 0.2) is 18.2 Å². The first-order valence-corrected chi connectivity index (χ1v) is 8.16. The third-order valence-corrected chi connectivity index (χ3v) is 5.37. The van der Waals surface area contributed by atoms with Crippen molar-refractivity contribution < 1.29 is 18.6 Å². The van der Waals surface area contributed by atoms with Crippen LogP contribution in [0.1, 0.15) is 24.9 Å². The number of benzene rings is 1. The lowest BCUT2D eigenvalue weighted by Crippen LogP contribution is -2.26. The minimum absolute atomic E-state index is 0.0408. The number of phenols is 2. The highest BCUT2D eigenvalue weighted by Crippen LogP contribution is 2.32. The average Bonchev–Trinajstić information content (AvgIpc) is 2.66. The van der Waals surface area contributed by atoms with Gasteiger partial charge in [0, 0.05) is 6.04 Å². The van der Waals surface area contributed by atoms with Crippen molar-refractivity contribution in [2.45, 2.75) is 19.4 Å². The molecule has 1 fully saturated rings. The molecule has 1 aromatic rings. The van der Waals surface area contributed by atoms with Gasteiger partial charge in [0.15, 0.2) is 9.84 Å². The molecule has 0 aliphatic carbocycles. The SMILES string of the molecule is CC(NCC1CCS(=O)(=O)C1)c1c(O)cccc1O. The van der Waals surface area contributed by atoms with Gasteiger partial charge in [-0.05, 0) is 37.9 Å². The second-order valence-corrected chi connectivity index (χ2v) is 7.34. The summed E-state index contributed by atoms with van der Waals surface area (Å²) in [5.74, 6) is 0.674. The monoisotopic (exact) mass is 285 g/mol. The highest BCUT2D eigenvalue weighted by atomic mass is 32.2. The molecule has 2 rings (SSSR count). The Morgan fingerprint density at radius 2 is 2.00 bits per heavy atom. The second kappa shape index (κ2) is 5.38. The predicted octanol–water partition coefficient (Wildman–Crippen LogP) is 1.18. The van der Waals surface area contributed by atoms with E-state index in [1.807, 2.05) is 6.92 Å². The normalized spacial score (nSPS) is 23.3. The van der Waals surface area contributed by atoms with Crippen molar-refractivity contribution in [2.24, 2.45) is 5.92 Å². The van der Waals surface area contributed by atoms with E-state index in [4.69, 9.17) is 0 Å². The third kappa shape index (κ3) is 3.39. The second-order valence-electron chi connectivity index (χ2n) is 5.11. The van der Waals surface area contributed by atoms with Crippen molar-refractivity contribution >= 4 is 9.84 Å². The maximum absolute atomic E-state index is 11.4. The predicted molar refractivity (Wildman–Crippen MR) is 73.0 cm³/mol. The van der Waals surface area contributed by atoms with E-state index >= 15 is 0 Å². The van der Waals surface area contributed by atoms with Gasteiger partial charge in [0.1, 0.15) is 11.5 Å². The highest BCUT2D eigenvalue weighted by Gasteiger charge is 2.28. The van der Waals surface area contributed by atoms with Gasteiger partial charge in [0.05, 0.1) is 17.1 Å². The zero-order valence-electron chi connectivity index (χ0n) is 10.8. The van der Waals surface area contributed by atoms with Gasteiger partial charge < -0.3 is 15.5 Å². The Balaban J connectivity index is 1.97. The van der Waals surface area contributed by atoms with E-state index in [0.29, 0.717) is 18.5 Å². The molecule has 2 atom stereocenters. The Bertz CT molecular complexity index is 536. The molecular weight excluding hydrogens is 266 g/mol. The lowest BCUT2D eigenvalue weighted by molar-refractivity contribution is 0.408. The van der Waals surface area contributed by atoms with Crippen molar-refractivity contribution in [1.29, 1.82) is 0 Å². The van der Waals surface area contributed by atoms with E-state index in [-0.39, 0.29) is 35.0 Å². The van der Waals surface area contributed by atoms with Crippen LogP contribution in [0.5, 0.6) is 11.5 Å². The molecule has 106 valence electrons. The smallest absolute Gasteiger partial charge is 0.150 e. The average molecular weight is 285 g/mol. The molecule has 1 saturated heterocycles. The summed E-state index contributed by atoms with van der Waals surface area (Å²) in [5.41, 5.74) is 0.448. The van der Waals surface area contributed by atoms with Gasteiger partial charge in [-0.2, -0.15) is 0 Å². The number of hydrogen-bond acceptors (Lipinski definition) is 5. The van der Waals surface area contributed by atoms with Crippen molar-refractivity contribution in [3.8, 4) is 11.5 Å². The third-order valence-electron chi connectivity index (χ3n) is 3.53. The van der Waals surface area contributed by atoms with E-state index in [2.05, 4.69) is 5.32 Å². The molecule has 0 amide bonds. The first kappa shape index (κ1) is 14.1. The summed E-state index contributed by atoms with van der Waals surface area (Å²) in [4.78, 5) is 0. The van der Waals surface area contributed by atoms with Gasteiger partial charge in [-0.1, -0.05) is 6.07 Å². The fraction of sp³-hybridized carbons (Fsp3) is 0.538. The molecular formula is C13H19NO4S. The zero-order valence-corrected chi connectivity index (χ0v) is 11.7. The Kier molecular flexibility index (Phi) is 4.01. The Hall–Kier alpha value is -1.27. The van der Waals surface area contributed by atoms with Crippen molar-refractivity contribution in [3.63, 3.8) is 0 Å². The van der Waals surface area contributed by atoms with Gasteiger partial charge in [0.2, 0.25) is 0 Å². The van der Waals surface area contributed by atoms with Crippen molar-refractivity contribution in [2.75, 3.05) is 18.1 Å². The summed E-state index contributed by atoms with van der Waals surface area (Å²) < 4.78 is 22.7. The topological polar surface area (TPSA) is 86.6 Å². The van der Waals surface area contributed by atoms with Crippen LogP contribution < -0.4 is 5.32 Å². The van der Waals surface area contributed by atoms with Gasteiger partial charge in [-0.25, -0.2) is 8.42 Å². The molecule has 0 bridgehead atoms. The first-order valence-electron chi connectivity index (χ1n) is 6.33. The summed E-state index contributed by atoms with van der Waals surface area (Å²) in [5, 5.41) is 22.7. The van der Waals surface area contributed by atoms with Crippen LogP contribution >= 0.6 is 0 Å². The molecule has 5 nitrogen and oxygen atoms in total. The highest BCUT2D eigenvalue weighted by molar-refractivity contribution is 7.91. The van der Waals surface area contributed by atoms with E-state index in [9.17, 15) is 18.6 Å². The molecule has 0 saturated carbocycles. The Morgan fingerprint density at radius 3 is 2.53 bits per heavy atom. The number of phenolic OH excluding ortho intramolecular Hbond substituents is 2. The minimum Gasteiger partial charge on any atom is -0.507 e. The van der Waals surface area contributed by atoms with Crippen molar-refractivity contribution in [1.82, 2.24) is 5.32 Å². The van der Waals surface area contributed by atoms with E-state index < -0.39 is 9.84 Å². The molecule has 3 N–H and O–H groups in total. The zero-order chi connectivity index (χ0) is 14.0. The minimum atomic E-state index is -2.86. The molecule has 1 aromatic carbocycles. The molecule has 1 aliphatic heterocycles. The van der Waals surface area contributed by atoms with E-state index in [0.717, 1.165) is 0 Å². The van der Waals surface area contributed by atoms with Crippen LogP contribution in [0, 0.1) is 5.92 Å². The molecule has 19 heavy (non-hydrogen) atoms. The standard InChI is InChI=1S/C13H19NO4S/c1-9(13-11(15)3-2-4-12(13)16)14-7-10-5-6-19(17,18)8-10/h2-4,9-10,14-16H,5-8H2,1H3. The molecule has 6 heteroatoms. The summed E-state index contributed by atoms with van der Waals surface area (Å²) >= 11 is 0. The number of aromatic hydroxyl groups is 2. The van der Waals surface area contributed by atoms with Crippen LogP contribution in [-0.2, 0) is 9.84 Å². The fourth-order valence-corrected chi connectivity index (χ4v) is 4.33. The Morgan fingerprint density at radius 1 is 1.37 bits per heavy atom. The molecule has 0 spiro atoms. The number of rotatable bonds is 4. The van der Waals surface area contributed by atoms with Crippen LogP contribution in [0.3, 0.4) is 0 Å². The molecule has 2 unspecified atom stereocenters. The fourth-order valence-electron chi connectivity index (χ4n) is 2.46.